The van der Waals surface area contributed by atoms with Crippen LogP contribution in [0.3, 0.4) is 0 Å². The molecule has 1 unspecified atom stereocenters. The van der Waals surface area contributed by atoms with Crippen molar-refractivity contribution in [2.45, 2.75) is 116 Å². The van der Waals surface area contributed by atoms with E-state index in [1.807, 2.05) is 0 Å². The summed E-state index contributed by atoms with van der Waals surface area (Å²) in [4.78, 5) is 7.58. The van der Waals surface area contributed by atoms with Gasteiger partial charge in [-0.2, -0.15) is 0 Å². The molecule has 6 heteroatoms. The van der Waals surface area contributed by atoms with Gasteiger partial charge < -0.3 is 19.4 Å². The number of ether oxygens (including phenoxy) is 1. The third kappa shape index (κ3) is 8.10. The third-order valence-electron chi connectivity index (χ3n) is 18.8. The first-order valence-corrected chi connectivity index (χ1v) is 37.2. The van der Waals surface area contributed by atoms with Gasteiger partial charge in [-0.1, -0.05) is 226 Å². The average molecular weight is 1130 g/mol. The predicted molar refractivity (Wildman–Crippen MR) is 362 cm³/mol. The van der Waals surface area contributed by atoms with Crippen molar-refractivity contribution in [1.82, 2.24) is 0 Å². The predicted octanol–water partition coefficient (Wildman–Crippen LogP) is 20.9. The van der Waals surface area contributed by atoms with Crippen LogP contribution in [0.4, 0.5) is 51.2 Å². The van der Waals surface area contributed by atoms with E-state index in [2.05, 4.69) is 322 Å². The van der Waals surface area contributed by atoms with Crippen LogP contribution in [0.25, 0.3) is 22.3 Å². The summed E-state index contributed by atoms with van der Waals surface area (Å²) in [5, 5.41) is 2.88. The molecule has 0 aromatic heterocycles. The van der Waals surface area contributed by atoms with Crippen LogP contribution in [0.1, 0.15) is 99.9 Å². The van der Waals surface area contributed by atoms with E-state index < -0.39 is 27.0 Å². The molecule has 4 aliphatic rings. The van der Waals surface area contributed by atoms with Crippen molar-refractivity contribution >= 4 is 77.7 Å². The second kappa shape index (κ2) is 18.7. The summed E-state index contributed by atoms with van der Waals surface area (Å²) in [6, 6.07) is 81.8. The van der Waals surface area contributed by atoms with Crippen molar-refractivity contribution in [2.75, 3.05) is 14.7 Å². The van der Waals surface area contributed by atoms with Crippen molar-refractivity contribution in [3.8, 4) is 33.8 Å². The van der Waals surface area contributed by atoms with Crippen LogP contribution in [0.15, 0.2) is 212 Å². The molecule has 0 amide bonds. The lowest BCUT2D eigenvalue weighted by atomic mass is 9.64. The second-order valence-corrected chi connectivity index (χ2v) is 38.8. The number of rotatable bonds is 8. The maximum Gasteiger partial charge on any atom is 0.151 e. The first-order valence-electron chi connectivity index (χ1n) is 30.2. The number of anilines is 9. The van der Waals surface area contributed by atoms with Crippen LogP contribution in [-0.4, -0.2) is 16.1 Å². The molecule has 0 saturated carbocycles. The Labute approximate surface area is 501 Å². The Morgan fingerprint density at radius 2 is 0.857 bits per heavy atom. The Balaban J connectivity index is 1.13. The SMILES string of the molecule is CC(C)(C)c1ccc(N(c2ccc([Si](C)(C)C)cc2)c2ccc3c(c2)C2(c4ccccc4N4c5ccccc5Oc5cccc2c54)c2cc(N(c4ccc(C(C)(C)C)cc4)c4ccc([Si](C)(C)C)cc4)c4c(c2-3)C(C)(C)c2ccccc2-4)cc1. The zero-order chi connectivity index (χ0) is 58.6. The van der Waals surface area contributed by atoms with Crippen LogP contribution in [0.2, 0.25) is 39.3 Å². The van der Waals surface area contributed by atoms with Crippen molar-refractivity contribution < 1.29 is 4.74 Å². The summed E-state index contributed by atoms with van der Waals surface area (Å²) in [6.45, 7) is 33.4. The fraction of sp³-hybridized carbons (Fsp3) is 0.231. The number of para-hydroxylation sites is 4. The minimum absolute atomic E-state index is 0.00478. The van der Waals surface area contributed by atoms with Crippen LogP contribution in [-0.2, 0) is 21.7 Å². The van der Waals surface area contributed by atoms with Gasteiger partial charge in [0.1, 0.15) is 0 Å². The van der Waals surface area contributed by atoms with E-state index in [4.69, 9.17) is 4.74 Å². The normalized spacial score (nSPS) is 16.0. The minimum Gasteiger partial charge on any atom is -0.453 e. The molecule has 10 aromatic rings. The molecule has 0 N–H and O–H groups in total. The first kappa shape index (κ1) is 53.8. The number of hydrogen-bond donors (Lipinski definition) is 0. The molecule has 0 saturated heterocycles. The van der Waals surface area contributed by atoms with E-state index in [0.717, 1.165) is 57.0 Å². The number of nitrogens with zero attached hydrogens (tertiary/aromatic N) is 3. The lowest BCUT2D eigenvalue weighted by Gasteiger charge is -2.47. The topological polar surface area (TPSA) is 19.0 Å². The lowest BCUT2D eigenvalue weighted by Crippen LogP contribution is -2.37. The number of hydrogen-bond acceptors (Lipinski definition) is 4. The molecule has 418 valence electrons. The Morgan fingerprint density at radius 1 is 0.393 bits per heavy atom. The van der Waals surface area contributed by atoms with Gasteiger partial charge in [-0.3, -0.25) is 0 Å². The van der Waals surface area contributed by atoms with Gasteiger partial charge >= 0.3 is 0 Å². The Bertz CT molecular complexity index is 4170. The van der Waals surface area contributed by atoms with Crippen LogP contribution >= 0.6 is 0 Å². The third-order valence-corrected chi connectivity index (χ3v) is 23.0. The van der Waals surface area contributed by atoms with Crippen LogP contribution in [0.5, 0.6) is 11.5 Å². The van der Waals surface area contributed by atoms with Gasteiger partial charge in [-0.25, -0.2) is 0 Å². The molecule has 2 heterocycles. The van der Waals surface area contributed by atoms with Crippen molar-refractivity contribution in [2.24, 2.45) is 0 Å². The zero-order valence-corrected chi connectivity index (χ0v) is 53.5. The van der Waals surface area contributed by atoms with E-state index in [1.54, 1.807) is 0 Å². The smallest absolute Gasteiger partial charge is 0.151 e. The lowest BCUT2D eigenvalue weighted by molar-refractivity contribution is 0.473. The van der Waals surface area contributed by atoms with Gasteiger partial charge in [-0.05, 0) is 163 Å². The van der Waals surface area contributed by atoms with E-state index >= 15 is 0 Å². The molecule has 14 rings (SSSR count). The van der Waals surface area contributed by atoms with E-state index in [1.165, 1.54) is 82.8 Å². The van der Waals surface area contributed by atoms with Gasteiger partial charge in [0.25, 0.3) is 0 Å². The molecule has 10 aromatic carbocycles. The van der Waals surface area contributed by atoms with Gasteiger partial charge in [0, 0.05) is 39.4 Å². The highest BCUT2D eigenvalue weighted by Crippen LogP contribution is 2.71. The summed E-state index contributed by atoms with van der Waals surface area (Å²) in [5.74, 6) is 1.70. The van der Waals surface area contributed by atoms with E-state index in [9.17, 15) is 0 Å². The van der Waals surface area contributed by atoms with Gasteiger partial charge in [0.15, 0.2) is 11.5 Å². The Kier molecular flexibility index (Phi) is 12.0. The number of fused-ring (bicyclic) bond motifs is 15. The maximum atomic E-state index is 7.10. The van der Waals surface area contributed by atoms with Crippen LogP contribution < -0.4 is 29.8 Å². The molecular formula is C78H77N3OSi2. The standard InChI is InChI=1S/C78H77N3OSi2/c1-75(2,3)50-30-34-52(35-31-50)79(53-38-43-57(44-39-53)83(9,10)11)56-42-47-60-64(48-56)78(62-24-17-18-26-66(62)81-67-27-19-20-28-69(67)82-70-29-21-25-63(78)74(70)81)65-49-68(72-59-22-15-16-23-61(59)77(7,8)73(72)71(60)65)80(54-36-32-51(33-37-54)76(4,5)6)55-40-45-58(46-41-55)84(12,13)14/h15-49H,1-14H3. The van der Waals surface area contributed by atoms with Gasteiger partial charge in [0.05, 0.1) is 44.3 Å². The quantitative estimate of drug-likeness (QED) is 0.141. The Morgan fingerprint density at radius 3 is 1.43 bits per heavy atom. The summed E-state index contributed by atoms with van der Waals surface area (Å²) in [7, 11) is -3.26. The molecule has 1 atom stereocenters. The van der Waals surface area contributed by atoms with Crippen LogP contribution in [0, 0.1) is 0 Å². The molecule has 0 radical (unpaired) electrons. The highest BCUT2D eigenvalue weighted by atomic mass is 28.3. The molecule has 2 aliphatic carbocycles. The first-order chi connectivity index (χ1) is 40.0. The fourth-order valence-corrected chi connectivity index (χ4v) is 16.8. The number of benzene rings is 10. The summed E-state index contributed by atoms with van der Waals surface area (Å²) >= 11 is 0. The average Bonchev–Trinajstić information content (AvgIpc) is 1.43. The largest absolute Gasteiger partial charge is 0.453 e. The fourth-order valence-electron chi connectivity index (χ4n) is 14.4. The molecular weight excluding hydrogens is 1050 g/mol. The molecule has 84 heavy (non-hydrogen) atoms. The van der Waals surface area contributed by atoms with E-state index in [-0.39, 0.29) is 10.8 Å². The van der Waals surface area contributed by atoms with Crippen molar-refractivity contribution in [3.63, 3.8) is 0 Å². The summed E-state index contributed by atoms with van der Waals surface area (Å²) in [5.41, 5.74) is 24.3. The van der Waals surface area contributed by atoms with E-state index in [0.29, 0.717) is 0 Å². The van der Waals surface area contributed by atoms with Crippen molar-refractivity contribution in [3.05, 3.63) is 257 Å². The maximum absolute atomic E-state index is 7.10. The van der Waals surface area contributed by atoms with Gasteiger partial charge in [-0.15, -0.1) is 0 Å². The van der Waals surface area contributed by atoms with Gasteiger partial charge in [0.2, 0.25) is 0 Å². The van der Waals surface area contributed by atoms with Crippen molar-refractivity contribution in [1.29, 1.82) is 0 Å². The summed E-state index contributed by atoms with van der Waals surface area (Å²) < 4.78 is 7.10. The highest BCUT2D eigenvalue weighted by Gasteiger charge is 2.57. The summed E-state index contributed by atoms with van der Waals surface area (Å²) in [6.07, 6.45) is 0. The molecule has 2 aliphatic heterocycles. The highest BCUT2D eigenvalue weighted by molar-refractivity contribution is 6.89. The second-order valence-electron chi connectivity index (χ2n) is 28.7. The monoisotopic (exact) mass is 1130 g/mol. The minimum atomic E-state index is -1.65. The zero-order valence-electron chi connectivity index (χ0n) is 51.5. The molecule has 0 bridgehead atoms. The molecule has 4 nitrogen and oxygen atoms in total. The molecule has 1 spiro atoms. The molecule has 0 fully saturated rings. The Hall–Kier alpha value is -8.17.